The number of nitrogens with zero attached hydrogens (tertiary/aromatic N) is 3. The fourth-order valence-corrected chi connectivity index (χ4v) is 2.44. The Hall–Kier alpha value is -0.900. The Morgan fingerprint density at radius 2 is 2.00 bits per heavy atom. The van der Waals surface area contributed by atoms with Gasteiger partial charge < -0.3 is 5.32 Å². The maximum Gasteiger partial charge on any atom is 0.138 e. The lowest BCUT2D eigenvalue weighted by Gasteiger charge is -2.31. The van der Waals surface area contributed by atoms with E-state index in [4.69, 9.17) is 0 Å². The fourth-order valence-electron chi connectivity index (χ4n) is 2.44. The summed E-state index contributed by atoms with van der Waals surface area (Å²) in [6, 6.07) is 0.956. The van der Waals surface area contributed by atoms with E-state index in [9.17, 15) is 0 Å². The highest BCUT2D eigenvalue weighted by Gasteiger charge is 2.23. The summed E-state index contributed by atoms with van der Waals surface area (Å²) in [6.45, 7) is 14.4. The molecule has 0 radical (unpaired) electrons. The molecule has 1 rings (SSSR count). The number of aryl methyl sites for hydroxylation is 1. The van der Waals surface area contributed by atoms with E-state index in [1.807, 2.05) is 4.68 Å². The summed E-state index contributed by atoms with van der Waals surface area (Å²) in [7, 11) is 0. The van der Waals surface area contributed by atoms with E-state index in [0.717, 1.165) is 25.2 Å². The molecule has 1 unspecified atom stereocenters. The van der Waals surface area contributed by atoms with Gasteiger partial charge in [0.2, 0.25) is 0 Å². The van der Waals surface area contributed by atoms with E-state index in [-0.39, 0.29) is 0 Å². The topological polar surface area (TPSA) is 42.7 Å². The first-order valence-corrected chi connectivity index (χ1v) is 7.48. The van der Waals surface area contributed by atoms with Crippen molar-refractivity contribution < 1.29 is 0 Å². The molecule has 0 aliphatic heterocycles. The molecule has 0 aliphatic carbocycles. The standard InChI is InChI=1S/C15H30N4/c1-7-16-13(15(4,5)6)9-8-10-14-17-11-18-19(14)12(2)3/h11-13,16H,7-10H2,1-6H3. The van der Waals surface area contributed by atoms with Crippen molar-refractivity contribution in [3.63, 3.8) is 0 Å². The zero-order chi connectivity index (χ0) is 14.5. The van der Waals surface area contributed by atoms with Gasteiger partial charge in [-0.15, -0.1) is 0 Å². The van der Waals surface area contributed by atoms with E-state index >= 15 is 0 Å². The first-order valence-electron chi connectivity index (χ1n) is 7.48. The van der Waals surface area contributed by atoms with Crippen LogP contribution in [0.15, 0.2) is 6.33 Å². The van der Waals surface area contributed by atoms with Crippen LogP contribution >= 0.6 is 0 Å². The van der Waals surface area contributed by atoms with Gasteiger partial charge in [0.1, 0.15) is 12.2 Å². The van der Waals surface area contributed by atoms with Crippen LogP contribution in [0.1, 0.15) is 66.3 Å². The maximum atomic E-state index is 4.37. The van der Waals surface area contributed by atoms with E-state index < -0.39 is 0 Å². The van der Waals surface area contributed by atoms with Gasteiger partial charge in [0.15, 0.2) is 0 Å². The zero-order valence-corrected chi connectivity index (χ0v) is 13.4. The van der Waals surface area contributed by atoms with Crippen molar-refractivity contribution in [1.29, 1.82) is 0 Å². The molecule has 0 saturated carbocycles. The molecule has 4 heteroatoms. The third kappa shape index (κ3) is 4.94. The second-order valence-electron chi connectivity index (χ2n) is 6.58. The molecule has 0 saturated heterocycles. The van der Waals surface area contributed by atoms with Gasteiger partial charge in [0.05, 0.1) is 0 Å². The van der Waals surface area contributed by atoms with Crippen molar-refractivity contribution in [2.24, 2.45) is 5.41 Å². The molecule has 4 nitrogen and oxygen atoms in total. The summed E-state index contributed by atoms with van der Waals surface area (Å²) in [5.74, 6) is 1.11. The summed E-state index contributed by atoms with van der Waals surface area (Å²) >= 11 is 0. The first kappa shape index (κ1) is 16.2. The SMILES string of the molecule is CCNC(CCCc1ncnn1C(C)C)C(C)(C)C. The van der Waals surface area contributed by atoms with Gasteiger partial charge in [-0.2, -0.15) is 5.10 Å². The lowest BCUT2D eigenvalue weighted by atomic mass is 9.83. The van der Waals surface area contributed by atoms with E-state index in [2.05, 4.69) is 56.9 Å². The summed E-state index contributed by atoms with van der Waals surface area (Å²) in [5, 5.41) is 7.89. The number of hydrogen-bond donors (Lipinski definition) is 1. The lowest BCUT2D eigenvalue weighted by Crippen LogP contribution is -2.40. The minimum absolute atomic E-state index is 0.307. The van der Waals surface area contributed by atoms with Crippen molar-refractivity contribution in [3.8, 4) is 0 Å². The molecular weight excluding hydrogens is 236 g/mol. The minimum atomic E-state index is 0.307. The normalized spacial score (nSPS) is 14.1. The third-order valence-electron chi connectivity index (χ3n) is 3.53. The smallest absolute Gasteiger partial charge is 0.138 e. The molecule has 1 atom stereocenters. The van der Waals surface area contributed by atoms with Gasteiger partial charge in [-0.25, -0.2) is 9.67 Å². The van der Waals surface area contributed by atoms with Gasteiger partial charge in [0.25, 0.3) is 0 Å². The van der Waals surface area contributed by atoms with Gasteiger partial charge in [-0.1, -0.05) is 27.7 Å². The predicted octanol–water partition coefficient (Wildman–Crippen LogP) is 3.21. The Labute approximate surface area is 118 Å². The quantitative estimate of drug-likeness (QED) is 0.824. The van der Waals surface area contributed by atoms with Crippen LogP contribution < -0.4 is 5.32 Å². The number of nitrogens with one attached hydrogen (secondary N) is 1. The summed E-state index contributed by atoms with van der Waals surface area (Å²) in [4.78, 5) is 4.37. The Morgan fingerprint density at radius 1 is 1.32 bits per heavy atom. The highest BCUT2D eigenvalue weighted by atomic mass is 15.3. The van der Waals surface area contributed by atoms with E-state index in [1.54, 1.807) is 6.33 Å². The average Bonchev–Trinajstić information content (AvgIpc) is 2.75. The van der Waals surface area contributed by atoms with Gasteiger partial charge in [0, 0.05) is 18.5 Å². The Morgan fingerprint density at radius 3 is 2.53 bits per heavy atom. The van der Waals surface area contributed by atoms with Gasteiger partial charge >= 0.3 is 0 Å². The lowest BCUT2D eigenvalue weighted by molar-refractivity contribution is 0.253. The molecule has 0 amide bonds. The van der Waals surface area contributed by atoms with Crippen LogP contribution in [0.25, 0.3) is 0 Å². The molecule has 0 bridgehead atoms. The van der Waals surface area contributed by atoms with Crippen molar-refractivity contribution in [2.45, 2.75) is 72.9 Å². The second kappa shape index (κ2) is 7.04. The molecule has 1 aromatic heterocycles. The summed E-state index contributed by atoms with van der Waals surface area (Å²) in [5.41, 5.74) is 0.307. The molecular formula is C15H30N4. The molecule has 0 fully saturated rings. The molecule has 0 aliphatic rings. The molecule has 1 heterocycles. The van der Waals surface area contributed by atoms with E-state index in [1.165, 1.54) is 6.42 Å². The highest BCUT2D eigenvalue weighted by molar-refractivity contribution is 4.88. The number of rotatable bonds is 7. The van der Waals surface area contributed by atoms with Crippen LogP contribution in [0, 0.1) is 5.41 Å². The number of hydrogen-bond acceptors (Lipinski definition) is 3. The van der Waals surface area contributed by atoms with Crippen LogP contribution in [0.3, 0.4) is 0 Å². The van der Waals surface area contributed by atoms with Crippen LogP contribution in [-0.4, -0.2) is 27.4 Å². The molecule has 19 heavy (non-hydrogen) atoms. The Balaban J connectivity index is 2.50. The molecule has 110 valence electrons. The van der Waals surface area contributed by atoms with Crippen molar-refractivity contribution >= 4 is 0 Å². The maximum absolute atomic E-state index is 4.37. The van der Waals surface area contributed by atoms with Crippen LogP contribution in [0.2, 0.25) is 0 Å². The Bertz CT molecular complexity index is 362. The van der Waals surface area contributed by atoms with Crippen molar-refractivity contribution in [1.82, 2.24) is 20.1 Å². The molecule has 0 spiro atoms. The van der Waals surface area contributed by atoms with Crippen LogP contribution in [0.4, 0.5) is 0 Å². The van der Waals surface area contributed by atoms with Gasteiger partial charge in [-0.05, 0) is 38.6 Å². The molecule has 1 aromatic rings. The minimum Gasteiger partial charge on any atom is -0.314 e. The van der Waals surface area contributed by atoms with Crippen molar-refractivity contribution in [2.75, 3.05) is 6.54 Å². The number of aromatic nitrogens is 3. The highest BCUT2D eigenvalue weighted by Crippen LogP contribution is 2.23. The largest absolute Gasteiger partial charge is 0.314 e. The second-order valence-corrected chi connectivity index (χ2v) is 6.58. The molecule has 0 aromatic carbocycles. The zero-order valence-electron chi connectivity index (χ0n) is 13.4. The van der Waals surface area contributed by atoms with Crippen molar-refractivity contribution in [3.05, 3.63) is 12.2 Å². The molecule has 1 N–H and O–H groups in total. The third-order valence-corrected chi connectivity index (χ3v) is 3.53. The average molecular weight is 266 g/mol. The van der Waals surface area contributed by atoms with E-state index in [0.29, 0.717) is 17.5 Å². The summed E-state index contributed by atoms with van der Waals surface area (Å²) in [6.07, 6.45) is 5.01. The Kier molecular flexibility index (Phi) is 5.98. The first-order chi connectivity index (χ1) is 8.86. The monoisotopic (exact) mass is 266 g/mol. The van der Waals surface area contributed by atoms with Crippen LogP contribution in [-0.2, 0) is 6.42 Å². The van der Waals surface area contributed by atoms with Gasteiger partial charge in [-0.3, -0.25) is 0 Å². The fraction of sp³-hybridized carbons (Fsp3) is 0.867. The predicted molar refractivity (Wildman–Crippen MR) is 80.3 cm³/mol. The summed E-state index contributed by atoms with van der Waals surface area (Å²) < 4.78 is 2.03. The van der Waals surface area contributed by atoms with Crippen LogP contribution in [0.5, 0.6) is 0 Å².